The fraction of sp³-hybridized carbons (Fsp3) is 0. The summed E-state index contributed by atoms with van der Waals surface area (Å²) in [4.78, 5) is 24.8. The zero-order valence-corrected chi connectivity index (χ0v) is 8.01. The molecular weight excluding hydrogens is 222 g/mol. The van der Waals surface area contributed by atoms with Gasteiger partial charge in [-0.2, -0.15) is 0 Å². The second-order valence-electron chi connectivity index (χ2n) is 2.81. The maximum absolute atomic E-state index is 11.1. The minimum absolute atomic E-state index is 0.0923. The molecule has 0 aliphatic carbocycles. The van der Waals surface area contributed by atoms with Gasteiger partial charge in [0.25, 0.3) is 11.2 Å². The second-order valence-corrected chi connectivity index (χ2v) is 3.15. The van der Waals surface area contributed by atoms with Crippen LogP contribution in [-0.2, 0) is 0 Å². The van der Waals surface area contributed by atoms with Crippen molar-refractivity contribution in [2.75, 3.05) is 0 Å². The standard InChI is InChI=1S/C8H4ClN3O3/c9-11-7-2-1-5(12(14)15)3-6(7)10-4-8(11)13/h1-4H. The first-order valence-electron chi connectivity index (χ1n) is 3.92. The molecule has 1 aromatic heterocycles. The molecule has 1 heterocycles. The van der Waals surface area contributed by atoms with Gasteiger partial charge in [0.15, 0.2) is 0 Å². The van der Waals surface area contributed by atoms with Gasteiger partial charge in [0.05, 0.1) is 22.2 Å². The molecule has 0 bridgehead atoms. The van der Waals surface area contributed by atoms with Crippen LogP contribution in [0.3, 0.4) is 0 Å². The SMILES string of the molecule is O=c1cnc2cc([N+](=O)[O-])ccc2n1Cl. The number of nitro groups is 1. The van der Waals surface area contributed by atoms with E-state index in [9.17, 15) is 14.9 Å². The summed E-state index contributed by atoms with van der Waals surface area (Å²) in [6.07, 6.45) is 1.01. The number of rotatable bonds is 1. The zero-order valence-electron chi connectivity index (χ0n) is 7.25. The number of hydrogen-bond donors (Lipinski definition) is 0. The third-order valence-corrected chi connectivity index (χ3v) is 2.24. The van der Waals surface area contributed by atoms with Gasteiger partial charge in [-0.05, 0) is 6.07 Å². The topological polar surface area (TPSA) is 78.0 Å². The Morgan fingerprint density at radius 1 is 1.47 bits per heavy atom. The third kappa shape index (κ3) is 1.55. The van der Waals surface area contributed by atoms with Crippen molar-refractivity contribution in [3.8, 4) is 0 Å². The Balaban J connectivity index is 2.81. The summed E-state index contributed by atoms with van der Waals surface area (Å²) in [6.45, 7) is 0. The van der Waals surface area contributed by atoms with Crippen LogP contribution in [0.2, 0.25) is 0 Å². The van der Waals surface area contributed by atoms with Crippen molar-refractivity contribution in [2.24, 2.45) is 0 Å². The quantitative estimate of drug-likeness (QED) is 0.541. The van der Waals surface area contributed by atoms with Gasteiger partial charge >= 0.3 is 0 Å². The van der Waals surface area contributed by atoms with E-state index in [1.165, 1.54) is 18.2 Å². The Hall–Kier alpha value is -1.95. The van der Waals surface area contributed by atoms with Crippen LogP contribution in [0.15, 0.2) is 29.2 Å². The molecule has 0 radical (unpaired) electrons. The van der Waals surface area contributed by atoms with Gasteiger partial charge in [0, 0.05) is 23.9 Å². The predicted molar refractivity (Wildman–Crippen MR) is 53.9 cm³/mol. The molecule has 15 heavy (non-hydrogen) atoms. The predicted octanol–water partition coefficient (Wildman–Crippen LogP) is 1.31. The highest BCUT2D eigenvalue weighted by atomic mass is 35.5. The van der Waals surface area contributed by atoms with E-state index in [0.29, 0.717) is 11.0 Å². The third-order valence-electron chi connectivity index (χ3n) is 1.89. The molecule has 0 aliphatic heterocycles. The van der Waals surface area contributed by atoms with Crippen LogP contribution in [0.25, 0.3) is 11.0 Å². The van der Waals surface area contributed by atoms with Crippen LogP contribution in [0.4, 0.5) is 5.69 Å². The molecule has 2 aromatic rings. The summed E-state index contributed by atoms with van der Waals surface area (Å²) in [5.41, 5.74) is 0.0805. The van der Waals surface area contributed by atoms with Gasteiger partial charge < -0.3 is 0 Å². The summed E-state index contributed by atoms with van der Waals surface area (Å²) in [6, 6.07) is 3.91. The first-order valence-corrected chi connectivity index (χ1v) is 4.26. The van der Waals surface area contributed by atoms with E-state index < -0.39 is 10.5 Å². The van der Waals surface area contributed by atoms with E-state index in [4.69, 9.17) is 11.8 Å². The summed E-state index contributed by atoms with van der Waals surface area (Å²) in [5, 5.41) is 10.5. The minimum Gasteiger partial charge on any atom is -0.266 e. The summed E-state index contributed by atoms with van der Waals surface area (Å²) in [7, 11) is 0. The first-order chi connectivity index (χ1) is 7.09. The second kappa shape index (κ2) is 3.32. The largest absolute Gasteiger partial charge is 0.284 e. The Bertz CT molecular complexity index is 608. The van der Waals surface area contributed by atoms with Crippen molar-refractivity contribution in [3.63, 3.8) is 0 Å². The molecule has 0 amide bonds. The normalized spacial score (nSPS) is 10.5. The highest BCUT2D eigenvalue weighted by molar-refractivity contribution is 6.18. The number of fused-ring (bicyclic) bond motifs is 1. The lowest BCUT2D eigenvalue weighted by atomic mass is 10.2. The number of nitro benzene ring substituents is 1. The number of hydrogen-bond acceptors (Lipinski definition) is 4. The van der Waals surface area contributed by atoms with Gasteiger partial charge in [0.1, 0.15) is 0 Å². The molecule has 0 unspecified atom stereocenters. The van der Waals surface area contributed by atoms with Crippen molar-refractivity contribution in [2.45, 2.75) is 0 Å². The van der Waals surface area contributed by atoms with Gasteiger partial charge in [-0.15, -0.1) is 0 Å². The van der Waals surface area contributed by atoms with E-state index in [0.717, 1.165) is 10.3 Å². The first kappa shape index (κ1) is 9.60. The molecule has 0 saturated heterocycles. The number of aromatic nitrogens is 2. The van der Waals surface area contributed by atoms with Crippen molar-refractivity contribution in [1.82, 2.24) is 9.07 Å². The lowest BCUT2D eigenvalue weighted by Crippen LogP contribution is -2.12. The molecule has 76 valence electrons. The van der Waals surface area contributed by atoms with E-state index in [-0.39, 0.29) is 5.69 Å². The molecular formula is C8H4ClN3O3. The highest BCUT2D eigenvalue weighted by Crippen LogP contribution is 2.17. The molecule has 6 nitrogen and oxygen atoms in total. The van der Waals surface area contributed by atoms with Gasteiger partial charge in [-0.3, -0.25) is 14.9 Å². The van der Waals surface area contributed by atoms with Crippen molar-refractivity contribution in [3.05, 3.63) is 44.9 Å². The molecule has 0 fully saturated rings. The highest BCUT2D eigenvalue weighted by Gasteiger charge is 2.09. The summed E-state index contributed by atoms with van der Waals surface area (Å²) < 4.78 is 0.867. The van der Waals surface area contributed by atoms with Gasteiger partial charge in [-0.1, -0.05) is 0 Å². The number of non-ortho nitro benzene ring substituents is 1. The lowest BCUT2D eigenvalue weighted by Gasteiger charge is -1.99. The average Bonchev–Trinajstić information content (AvgIpc) is 2.23. The molecule has 0 saturated carbocycles. The maximum Gasteiger partial charge on any atom is 0.284 e. The van der Waals surface area contributed by atoms with Crippen LogP contribution in [0.5, 0.6) is 0 Å². The number of halogens is 1. The summed E-state index contributed by atoms with van der Waals surface area (Å²) >= 11 is 5.65. The molecule has 0 spiro atoms. The van der Waals surface area contributed by atoms with E-state index >= 15 is 0 Å². The minimum atomic E-state index is -0.537. The molecule has 7 heteroatoms. The Kier molecular flexibility index (Phi) is 2.12. The van der Waals surface area contributed by atoms with Gasteiger partial charge in [0.2, 0.25) is 0 Å². The Labute approximate surface area is 88.0 Å². The van der Waals surface area contributed by atoms with Crippen molar-refractivity contribution in [1.29, 1.82) is 0 Å². The van der Waals surface area contributed by atoms with E-state index in [1.807, 2.05) is 0 Å². The molecule has 0 aliphatic rings. The van der Waals surface area contributed by atoms with Gasteiger partial charge in [-0.25, -0.2) is 9.07 Å². The Morgan fingerprint density at radius 3 is 2.87 bits per heavy atom. The molecule has 0 atom stereocenters. The smallest absolute Gasteiger partial charge is 0.266 e. The fourth-order valence-electron chi connectivity index (χ4n) is 1.19. The number of benzene rings is 1. The Morgan fingerprint density at radius 2 is 2.20 bits per heavy atom. The van der Waals surface area contributed by atoms with Crippen molar-refractivity contribution >= 4 is 28.5 Å². The van der Waals surface area contributed by atoms with Crippen LogP contribution in [0.1, 0.15) is 0 Å². The van der Waals surface area contributed by atoms with E-state index in [2.05, 4.69) is 4.98 Å². The molecule has 2 rings (SSSR count). The van der Waals surface area contributed by atoms with Crippen LogP contribution in [0, 0.1) is 10.1 Å². The number of nitrogens with zero attached hydrogens (tertiary/aromatic N) is 3. The monoisotopic (exact) mass is 225 g/mol. The maximum atomic E-state index is 11.1. The van der Waals surface area contributed by atoms with Crippen LogP contribution < -0.4 is 5.56 Å². The van der Waals surface area contributed by atoms with Crippen LogP contribution in [-0.4, -0.2) is 14.0 Å². The van der Waals surface area contributed by atoms with Crippen molar-refractivity contribution < 1.29 is 4.92 Å². The van der Waals surface area contributed by atoms with Crippen LogP contribution >= 0.6 is 11.8 Å². The van der Waals surface area contributed by atoms with E-state index in [1.54, 1.807) is 0 Å². The fourth-order valence-corrected chi connectivity index (χ4v) is 1.38. The average molecular weight is 226 g/mol. The molecule has 0 N–H and O–H groups in total. The lowest BCUT2D eigenvalue weighted by molar-refractivity contribution is -0.384. The molecule has 1 aromatic carbocycles. The zero-order chi connectivity index (χ0) is 11.0. The summed E-state index contributed by atoms with van der Waals surface area (Å²) in [5.74, 6) is 0.